The molecule has 6 heterocycles. The van der Waals surface area contributed by atoms with Gasteiger partial charge < -0.3 is 30.0 Å². The molecule has 3 aliphatic carbocycles. The highest BCUT2D eigenvalue weighted by atomic mass is 35.5. The van der Waals surface area contributed by atoms with Crippen LogP contribution in [-0.2, 0) is 38.9 Å². The SMILES string of the molecule is O=C1c2cc(Cc3ccc(Cl)nc3)c3ccccc3c2CN1[C@H]1CCCC[C@@H]1O.O=C1c2cc(Cc3cccnc3)c3ccccc3c2CN1[C@H]1CCCC[C@@H]1O.O=C1c2cc(Cc3cccnc3)c3ccccc3c2CN1[C@H]1CCCC[C@@H]1O. The maximum Gasteiger partial charge on any atom is 0.254 e. The zero-order valence-corrected chi connectivity index (χ0v) is 48.6. The fourth-order valence-electron chi connectivity index (χ4n) is 14.6. The second-order valence-electron chi connectivity index (χ2n) is 24.1. The summed E-state index contributed by atoms with van der Waals surface area (Å²) in [5, 5.41) is 38.9. The fourth-order valence-corrected chi connectivity index (χ4v) is 14.7. The summed E-state index contributed by atoms with van der Waals surface area (Å²) >= 11 is 5.93. The van der Waals surface area contributed by atoms with Gasteiger partial charge in [-0.25, -0.2) is 4.98 Å². The minimum atomic E-state index is -0.423. The van der Waals surface area contributed by atoms with Crippen molar-refractivity contribution >= 4 is 61.6 Å². The van der Waals surface area contributed by atoms with Crippen molar-refractivity contribution in [1.82, 2.24) is 29.7 Å². The third kappa shape index (κ3) is 11.3. The number of carbonyl (C=O) groups excluding carboxylic acids is 3. The quantitative estimate of drug-likeness (QED) is 0.120. The molecular weight excluding hydrogens is 1080 g/mol. The molecule has 15 rings (SSSR count). The number of hydrogen-bond acceptors (Lipinski definition) is 9. The van der Waals surface area contributed by atoms with E-state index < -0.39 is 18.3 Å². The van der Waals surface area contributed by atoms with Gasteiger partial charge in [-0.1, -0.05) is 141 Å². The number of amides is 3. The van der Waals surface area contributed by atoms with Crippen LogP contribution in [0.4, 0.5) is 0 Å². The van der Waals surface area contributed by atoms with Crippen molar-refractivity contribution in [2.45, 2.75) is 152 Å². The lowest BCUT2D eigenvalue weighted by molar-refractivity contribution is 0.0191. The van der Waals surface area contributed by atoms with E-state index in [2.05, 4.69) is 87.7 Å². The Morgan fingerprint density at radius 3 is 1.04 bits per heavy atom. The smallest absolute Gasteiger partial charge is 0.254 e. The summed E-state index contributed by atoms with van der Waals surface area (Å²) in [4.78, 5) is 58.3. The number of aliphatic hydroxyl groups excluding tert-OH is 3. The maximum absolute atomic E-state index is 13.3. The zero-order valence-electron chi connectivity index (χ0n) is 47.8. The van der Waals surface area contributed by atoms with E-state index in [1.54, 1.807) is 24.7 Å². The normalized spacial score (nSPS) is 21.8. The molecule has 3 aromatic heterocycles. The van der Waals surface area contributed by atoms with Gasteiger partial charge in [0.1, 0.15) is 5.15 Å². The van der Waals surface area contributed by atoms with Crippen LogP contribution in [0.5, 0.6) is 0 Å². The molecule has 3 aliphatic heterocycles. The van der Waals surface area contributed by atoms with Gasteiger partial charge in [0.05, 0.1) is 36.4 Å². The summed E-state index contributed by atoms with van der Waals surface area (Å²) in [5.41, 5.74) is 12.4. The molecule has 85 heavy (non-hydrogen) atoms. The van der Waals surface area contributed by atoms with Crippen LogP contribution >= 0.6 is 11.6 Å². The summed E-state index contributed by atoms with van der Waals surface area (Å²) in [6, 6.07) is 42.8. The Labute approximate surface area is 501 Å². The minimum absolute atomic E-state index is 0.0483. The molecule has 3 saturated carbocycles. The second-order valence-corrected chi connectivity index (χ2v) is 24.5. The Hall–Kier alpha value is -7.87. The highest BCUT2D eigenvalue weighted by Gasteiger charge is 2.41. The Bertz CT molecular complexity index is 3790. The van der Waals surface area contributed by atoms with Crippen LogP contribution in [-0.4, -0.2) is 99.1 Å². The van der Waals surface area contributed by atoms with E-state index in [0.29, 0.717) is 31.2 Å². The van der Waals surface area contributed by atoms with Crippen LogP contribution in [0.1, 0.15) is 158 Å². The molecule has 13 heteroatoms. The highest BCUT2D eigenvalue weighted by molar-refractivity contribution is 6.29. The van der Waals surface area contributed by atoms with E-state index in [1.165, 1.54) is 16.2 Å². The van der Waals surface area contributed by atoms with Crippen LogP contribution in [0.3, 0.4) is 0 Å². The predicted molar refractivity (Wildman–Crippen MR) is 332 cm³/mol. The Morgan fingerprint density at radius 1 is 0.400 bits per heavy atom. The first-order valence-corrected chi connectivity index (χ1v) is 30.9. The molecule has 0 unspecified atom stereocenters. The topological polar surface area (TPSA) is 160 Å². The lowest BCUT2D eigenvalue weighted by atomic mass is 9.91. The summed E-state index contributed by atoms with van der Waals surface area (Å²) in [6.45, 7) is 1.78. The Kier molecular flexibility index (Phi) is 16.3. The number of benzene rings is 6. The van der Waals surface area contributed by atoms with E-state index in [-0.39, 0.29) is 35.8 Å². The average molecular weight is 1150 g/mol. The number of carbonyl (C=O) groups is 3. The number of pyridine rings is 3. The summed E-state index contributed by atoms with van der Waals surface area (Å²) in [5.74, 6) is 0.186. The van der Waals surface area contributed by atoms with E-state index >= 15 is 0 Å². The van der Waals surface area contributed by atoms with Gasteiger partial charge in [-0.15, -0.1) is 0 Å². The number of nitrogens with zero attached hydrogens (tertiary/aromatic N) is 6. The largest absolute Gasteiger partial charge is 0.391 e. The molecule has 6 aliphatic rings. The zero-order chi connectivity index (χ0) is 58.1. The van der Waals surface area contributed by atoms with Gasteiger partial charge in [-0.2, -0.15) is 0 Å². The van der Waals surface area contributed by atoms with Crippen LogP contribution in [0.25, 0.3) is 32.3 Å². The van der Waals surface area contributed by atoms with Crippen LogP contribution in [0.2, 0.25) is 5.15 Å². The monoisotopic (exact) mass is 1150 g/mol. The van der Waals surface area contributed by atoms with Crippen molar-refractivity contribution in [3.05, 3.63) is 230 Å². The molecule has 3 N–H and O–H groups in total. The molecule has 0 radical (unpaired) electrons. The van der Waals surface area contributed by atoms with Gasteiger partial charge in [-0.05, 0) is 177 Å². The van der Waals surface area contributed by atoms with Gasteiger partial charge in [0.15, 0.2) is 0 Å². The molecule has 6 atom stereocenters. The van der Waals surface area contributed by atoms with E-state index in [0.717, 1.165) is 173 Å². The first-order valence-electron chi connectivity index (χ1n) is 30.5. The van der Waals surface area contributed by atoms with Crippen molar-refractivity contribution < 1.29 is 29.7 Å². The van der Waals surface area contributed by atoms with E-state index in [1.807, 2.05) is 75.6 Å². The van der Waals surface area contributed by atoms with Crippen molar-refractivity contribution in [2.75, 3.05) is 0 Å². The predicted octanol–water partition coefficient (Wildman–Crippen LogP) is 12.9. The molecule has 3 fully saturated rings. The molecule has 12 nitrogen and oxygen atoms in total. The maximum atomic E-state index is 13.3. The van der Waals surface area contributed by atoms with E-state index in [9.17, 15) is 29.7 Å². The highest BCUT2D eigenvalue weighted by Crippen LogP contribution is 2.41. The number of rotatable bonds is 9. The van der Waals surface area contributed by atoms with Gasteiger partial charge in [0.2, 0.25) is 0 Å². The molecule has 9 aromatic rings. The average Bonchev–Trinajstić information content (AvgIpc) is 2.05. The number of aromatic nitrogens is 3. The lowest BCUT2D eigenvalue weighted by Gasteiger charge is -2.35. The van der Waals surface area contributed by atoms with Gasteiger partial charge >= 0.3 is 0 Å². The Morgan fingerprint density at radius 2 is 0.729 bits per heavy atom. The second kappa shape index (κ2) is 24.6. The molecule has 6 aromatic carbocycles. The Balaban J connectivity index is 0.000000119. The van der Waals surface area contributed by atoms with Crippen molar-refractivity contribution in [3.8, 4) is 0 Å². The number of fused-ring (bicyclic) bond motifs is 9. The van der Waals surface area contributed by atoms with Crippen LogP contribution < -0.4 is 0 Å². The molecule has 0 saturated heterocycles. The van der Waals surface area contributed by atoms with Crippen molar-refractivity contribution in [2.24, 2.45) is 0 Å². The number of halogens is 1. The third-order valence-electron chi connectivity index (χ3n) is 18.9. The molecule has 3 amide bonds. The first kappa shape index (κ1) is 56.3. The lowest BCUT2D eigenvalue weighted by Crippen LogP contribution is -2.45. The fraction of sp³-hybridized carbons (Fsp3) is 0.333. The first-order chi connectivity index (χ1) is 41.6. The molecule has 0 spiro atoms. The van der Waals surface area contributed by atoms with Crippen molar-refractivity contribution in [1.29, 1.82) is 0 Å². The summed E-state index contributed by atoms with van der Waals surface area (Å²) in [7, 11) is 0. The number of hydrogen-bond donors (Lipinski definition) is 3. The van der Waals surface area contributed by atoms with Crippen LogP contribution in [0, 0.1) is 0 Å². The van der Waals surface area contributed by atoms with Crippen molar-refractivity contribution in [3.63, 3.8) is 0 Å². The van der Waals surface area contributed by atoms with E-state index in [4.69, 9.17) is 11.6 Å². The van der Waals surface area contributed by atoms with Gasteiger partial charge in [-0.3, -0.25) is 24.4 Å². The standard InChI is InChI=1S/C24H23ClN2O2.2C24H24N2O2/c25-23-10-9-15(13-26-23)11-16-12-19-20(18-6-2-1-5-17(16)18)14-27(24(19)29)21-7-3-4-8-22(21)28;2*27-23-10-4-3-9-22(23)26-15-21-19-8-2-1-7-18(19)17(13-20(21)24(26)28)12-16-6-5-11-25-14-16/h1-2,5-6,9-10,12-13,21-22,28H,3-4,7-8,11,14H2;2*1-2,5-8,11,13-14,22-23,27H,3-4,9-10,12,15H2/t21-,22-;2*22-,23-/m000/s1. The van der Waals surface area contributed by atoms with Gasteiger partial charge in [0, 0.05) is 67.3 Å². The molecule has 0 bridgehead atoms. The van der Waals surface area contributed by atoms with Gasteiger partial charge in [0.25, 0.3) is 17.7 Å². The summed E-state index contributed by atoms with van der Waals surface area (Å²) < 4.78 is 0. The summed E-state index contributed by atoms with van der Waals surface area (Å²) in [6.07, 6.45) is 21.4. The van der Waals surface area contributed by atoms with Crippen LogP contribution in [0.15, 0.2) is 158 Å². The molecular formula is C72H71ClN6O6. The third-order valence-corrected chi connectivity index (χ3v) is 19.1. The minimum Gasteiger partial charge on any atom is -0.391 e. The number of aliphatic hydroxyl groups is 3. The molecule has 432 valence electrons.